The Bertz CT molecular complexity index is 993. The number of carboxylic acids is 1. The first-order chi connectivity index (χ1) is 12.4. The van der Waals surface area contributed by atoms with Gasteiger partial charge in [-0.1, -0.05) is 53.6 Å². The van der Waals surface area contributed by atoms with Gasteiger partial charge in [-0.05, 0) is 19.1 Å². The number of aromatic carboxylic acids is 1. The number of carboxylic acid groups (broad SMARTS) is 1. The number of hydrogen-bond donors (Lipinski definition) is 1. The van der Waals surface area contributed by atoms with Crippen LogP contribution in [-0.4, -0.2) is 26.8 Å². The highest BCUT2D eigenvalue weighted by atomic mass is 35.5. The van der Waals surface area contributed by atoms with E-state index in [1.807, 2.05) is 19.1 Å². The summed E-state index contributed by atoms with van der Waals surface area (Å²) in [6.07, 6.45) is 0. The van der Waals surface area contributed by atoms with Gasteiger partial charge in [-0.3, -0.25) is 4.79 Å². The van der Waals surface area contributed by atoms with Crippen molar-refractivity contribution in [2.45, 2.75) is 13.8 Å². The van der Waals surface area contributed by atoms with E-state index in [4.69, 9.17) is 16.3 Å². The summed E-state index contributed by atoms with van der Waals surface area (Å²) in [6.45, 7) is 3.14. The average molecular weight is 371 g/mol. The molecule has 0 radical (unpaired) electrons. The van der Waals surface area contributed by atoms with E-state index in [0.29, 0.717) is 22.0 Å². The second-order valence-electron chi connectivity index (χ2n) is 5.65. The summed E-state index contributed by atoms with van der Waals surface area (Å²) < 4.78 is 6.60. The van der Waals surface area contributed by atoms with Gasteiger partial charge in [-0.2, -0.15) is 5.10 Å². The maximum Gasteiger partial charge on any atom is 0.360 e. The second-order valence-corrected chi connectivity index (χ2v) is 6.06. The molecule has 26 heavy (non-hydrogen) atoms. The van der Waals surface area contributed by atoms with E-state index in [1.54, 1.807) is 36.4 Å². The van der Waals surface area contributed by atoms with Gasteiger partial charge in [0.05, 0.1) is 10.7 Å². The zero-order chi connectivity index (χ0) is 18.8. The number of para-hydroxylation sites is 1. The molecule has 0 bridgehead atoms. The summed E-state index contributed by atoms with van der Waals surface area (Å²) in [5.74, 6) is -2.06. The Morgan fingerprint density at radius 1 is 1.12 bits per heavy atom. The van der Waals surface area contributed by atoms with E-state index in [9.17, 15) is 14.7 Å². The molecule has 0 spiro atoms. The van der Waals surface area contributed by atoms with Crippen LogP contribution in [0.5, 0.6) is 5.75 Å². The fraction of sp³-hybridized carbons (Fsp3) is 0.105. The van der Waals surface area contributed by atoms with Crippen LogP contribution in [-0.2, 0) is 4.79 Å². The van der Waals surface area contributed by atoms with Gasteiger partial charge < -0.3 is 9.84 Å². The summed E-state index contributed by atoms with van der Waals surface area (Å²) in [4.78, 5) is 23.2. The van der Waals surface area contributed by atoms with Crippen LogP contribution in [0.15, 0.2) is 48.5 Å². The van der Waals surface area contributed by atoms with Crippen molar-refractivity contribution in [2.75, 3.05) is 0 Å². The Hall–Kier alpha value is -3.12. The summed E-state index contributed by atoms with van der Waals surface area (Å²) in [5, 5.41) is 14.1. The molecule has 1 heterocycles. The fourth-order valence-corrected chi connectivity index (χ4v) is 2.76. The number of rotatable bonds is 4. The molecule has 3 rings (SSSR count). The van der Waals surface area contributed by atoms with Crippen molar-refractivity contribution in [3.05, 3.63) is 64.8 Å². The largest absolute Gasteiger partial charge is 0.476 e. The lowest BCUT2D eigenvalue weighted by Gasteiger charge is -2.11. The van der Waals surface area contributed by atoms with E-state index >= 15 is 0 Å². The van der Waals surface area contributed by atoms with Gasteiger partial charge in [-0.25, -0.2) is 9.48 Å². The van der Waals surface area contributed by atoms with Gasteiger partial charge in [0.2, 0.25) is 5.69 Å². The molecule has 0 aliphatic rings. The predicted octanol–water partition coefficient (Wildman–Crippen LogP) is 4.12. The number of halogens is 1. The van der Waals surface area contributed by atoms with Crippen molar-refractivity contribution < 1.29 is 19.4 Å². The van der Waals surface area contributed by atoms with Gasteiger partial charge in [0.1, 0.15) is 5.69 Å². The Balaban J connectivity index is 2.36. The van der Waals surface area contributed by atoms with Crippen molar-refractivity contribution in [3.8, 4) is 22.7 Å². The number of esters is 1. The summed E-state index contributed by atoms with van der Waals surface area (Å²) in [7, 11) is 0. The molecule has 0 saturated carbocycles. The molecule has 3 aromatic rings. The minimum Gasteiger partial charge on any atom is -0.476 e. The summed E-state index contributed by atoms with van der Waals surface area (Å²) in [6, 6.07) is 14.2. The Morgan fingerprint density at radius 3 is 2.35 bits per heavy atom. The van der Waals surface area contributed by atoms with Crippen LogP contribution in [0.25, 0.3) is 16.9 Å². The minimum atomic E-state index is -1.31. The molecule has 6 nitrogen and oxygen atoms in total. The topological polar surface area (TPSA) is 81.4 Å². The quantitative estimate of drug-likeness (QED) is 0.698. The Morgan fingerprint density at radius 2 is 1.77 bits per heavy atom. The third-order valence-electron chi connectivity index (χ3n) is 3.70. The highest BCUT2D eigenvalue weighted by molar-refractivity contribution is 6.32. The zero-order valence-electron chi connectivity index (χ0n) is 14.1. The molecule has 1 aromatic heterocycles. The van der Waals surface area contributed by atoms with Crippen molar-refractivity contribution in [2.24, 2.45) is 0 Å². The fourth-order valence-electron chi connectivity index (χ4n) is 2.55. The third-order valence-corrected chi connectivity index (χ3v) is 4.02. The lowest BCUT2D eigenvalue weighted by atomic mass is 10.1. The number of carbonyl (C=O) groups excluding carboxylic acids is 1. The van der Waals surface area contributed by atoms with Crippen molar-refractivity contribution in [1.82, 2.24) is 9.78 Å². The maximum atomic E-state index is 11.7. The lowest BCUT2D eigenvalue weighted by Crippen LogP contribution is -2.06. The Labute approximate surface area is 154 Å². The Kier molecular flexibility index (Phi) is 4.77. The lowest BCUT2D eigenvalue weighted by molar-refractivity contribution is -0.131. The van der Waals surface area contributed by atoms with Crippen LogP contribution in [0.3, 0.4) is 0 Å². The molecular formula is C19H15ClN2O4. The smallest absolute Gasteiger partial charge is 0.360 e. The number of ether oxygens (including phenoxy) is 1. The number of hydrogen-bond acceptors (Lipinski definition) is 4. The number of carbonyl (C=O) groups is 2. The highest BCUT2D eigenvalue weighted by Crippen LogP contribution is 2.37. The van der Waals surface area contributed by atoms with Gasteiger partial charge >= 0.3 is 11.9 Å². The van der Waals surface area contributed by atoms with E-state index < -0.39 is 11.9 Å². The first kappa shape index (κ1) is 17.7. The molecule has 1 N–H and O–H groups in total. The number of benzene rings is 2. The molecule has 2 aromatic carbocycles. The van der Waals surface area contributed by atoms with Gasteiger partial charge in [0, 0.05) is 12.5 Å². The van der Waals surface area contributed by atoms with E-state index in [1.165, 1.54) is 11.6 Å². The van der Waals surface area contributed by atoms with Crippen LogP contribution in [0.1, 0.15) is 23.0 Å². The van der Waals surface area contributed by atoms with Crippen LogP contribution < -0.4 is 4.74 Å². The molecule has 0 saturated heterocycles. The normalized spacial score (nSPS) is 10.6. The maximum absolute atomic E-state index is 11.7. The van der Waals surface area contributed by atoms with Gasteiger partial charge in [0.15, 0.2) is 5.75 Å². The summed E-state index contributed by atoms with van der Waals surface area (Å²) >= 11 is 6.27. The van der Waals surface area contributed by atoms with Crippen LogP contribution in [0, 0.1) is 6.92 Å². The number of aromatic nitrogens is 2. The van der Waals surface area contributed by atoms with Crippen molar-refractivity contribution in [3.63, 3.8) is 0 Å². The van der Waals surface area contributed by atoms with E-state index in [-0.39, 0.29) is 11.4 Å². The molecule has 0 aliphatic heterocycles. The monoisotopic (exact) mass is 370 g/mol. The van der Waals surface area contributed by atoms with Gasteiger partial charge in [0.25, 0.3) is 0 Å². The first-order valence-corrected chi connectivity index (χ1v) is 8.13. The molecular weight excluding hydrogens is 356 g/mol. The van der Waals surface area contributed by atoms with Gasteiger partial charge in [-0.15, -0.1) is 0 Å². The van der Waals surface area contributed by atoms with E-state index in [0.717, 1.165) is 5.56 Å². The molecule has 0 atom stereocenters. The van der Waals surface area contributed by atoms with Crippen LogP contribution >= 0.6 is 11.6 Å². The van der Waals surface area contributed by atoms with Crippen molar-refractivity contribution in [1.29, 1.82) is 0 Å². The highest BCUT2D eigenvalue weighted by Gasteiger charge is 2.28. The van der Waals surface area contributed by atoms with E-state index in [2.05, 4.69) is 5.10 Å². The standard InChI is InChI=1S/C19H15ClN2O4/c1-11-7-9-13(10-8-11)17-18(26-12(2)23)16(19(24)25)21-22(17)15-6-4-3-5-14(15)20/h3-10H,1-2H3,(H,24,25). The third kappa shape index (κ3) is 3.32. The zero-order valence-corrected chi connectivity index (χ0v) is 14.8. The second kappa shape index (κ2) is 7.01. The molecule has 0 unspecified atom stereocenters. The molecule has 132 valence electrons. The average Bonchev–Trinajstić information content (AvgIpc) is 2.94. The predicted molar refractivity (Wildman–Crippen MR) is 97.0 cm³/mol. The number of nitrogens with zero attached hydrogens (tertiary/aromatic N) is 2. The van der Waals surface area contributed by atoms with Crippen LogP contribution in [0.4, 0.5) is 0 Å². The minimum absolute atomic E-state index is 0.117. The molecule has 7 heteroatoms. The summed E-state index contributed by atoms with van der Waals surface area (Å²) in [5.41, 5.74) is 2.13. The van der Waals surface area contributed by atoms with Crippen LogP contribution in [0.2, 0.25) is 5.02 Å². The molecule has 0 aliphatic carbocycles. The number of aryl methyl sites for hydroxylation is 1. The van der Waals surface area contributed by atoms with Crippen molar-refractivity contribution >= 4 is 23.5 Å². The SMILES string of the molecule is CC(=O)Oc1c(C(=O)O)nn(-c2ccccc2Cl)c1-c1ccc(C)cc1. The molecule has 0 amide bonds. The molecule has 0 fully saturated rings. The first-order valence-electron chi connectivity index (χ1n) is 7.75.